The lowest BCUT2D eigenvalue weighted by molar-refractivity contribution is -0.384. The van der Waals surface area contributed by atoms with Gasteiger partial charge in [0.15, 0.2) is 5.43 Å². The molecule has 0 saturated heterocycles. The third-order valence-corrected chi connectivity index (χ3v) is 3.70. The Morgan fingerprint density at radius 3 is 2.36 bits per heavy atom. The number of halogens is 1. The van der Waals surface area contributed by atoms with E-state index in [9.17, 15) is 25.0 Å². The molecule has 0 atom stereocenters. The summed E-state index contributed by atoms with van der Waals surface area (Å²) in [6.45, 7) is 0. The highest BCUT2D eigenvalue weighted by molar-refractivity contribution is 9.10. The van der Waals surface area contributed by atoms with Crippen molar-refractivity contribution >= 4 is 49.1 Å². The summed E-state index contributed by atoms with van der Waals surface area (Å²) in [4.78, 5) is 36.1. The van der Waals surface area contributed by atoms with Crippen LogP contribution in [0, 0.1) is 20.2 Å². The van der Waals surface area contributed by atoms with Gasteiger partial charge in [-0.25, -0.2) is 0 Å². The molecule has 22 heavy (non-hydrogen) atoms. The molecule has 1 aromatic heterocycles. The van der Waals surface area contributed by atoms with E-state index in [0.29, 0.717) is 9.99 Å². The second-order valence-electron chi connectivity index (χ2n) is 4.55. The van der Waals surface area contributed by atoms with E-state index in [4.69, 9.17) is 0 Å². The lowest BCUT2D eigenvalue weighted by atomic mass is 10.1. The number of nitro groups is 2. The van der Waals surface area contributed by atoms with E-state index in [0.717, 1.165) is 6.07 Å². The maximum absolute atomic E-state index is 12.5. The van der Waals surface area contributed by atoms with Crippen molar-refractivity contribution in [3.05, 3.63) is 65.3 Å². The minimum Gasteiger partial charge on any atom is -0.349 e. The zero-order chi connectivity index (χ0) is 16.0. The highest BCUT2D eigenvalue weighted by Gasteiger charge is 2.18. The predicted molar refractivity (Wildman–Crippen MR) is 83.1 cm³/mol. The number of benzene rings is 2. The van der Waals surface area contributed by atoms with Gasteiger partial charge in [0.1, 0.15) is 5.52 Å². The molecule has 3 aromatic rings. The molecule has 0 aliphatic rings. The van der Waals surface area contributed by atoms with Gasteiger partial charge in [0.2, 0.25) is 0 Å². The Morgan fingerprint density at radius 1 is 1.00 bits per heavy atom. The minimum absolute atomic E-state index is 0.0829. The quantitative estimate of drug-likeness (QED) is 0.425. The lowest BCUT2D eigenvalue weighted by Crippen LogP contribution is -2.06. The standard InChI is InChI=1S/C13H6BrN3O5/c14-6-3-9-12(11(4-6)17(21)22)15-10-2-1-7(16(19)20)5-8(10)13(9)18/h1-5H,(H,15,18). The van der Waals surface area contributed by atoms with Crippen LogP contribution in [0.15, 0.2) is 39.6 Å². The number of fused-ring (bicyclic) bond motifs is 2. The van der Waals surface area contributed by atoms with Crippen LogP contribution in [0.2, 0.25) is 0 Å². The fraction of sp³-hybridized carbons (Fsp3) is 0. The van der Waals surface area contributed by atoms with Crippen LogP contribution >= 0.6 is 15.9 Å². The molecule has 0 unspecified atom stereocenters. The SMILES string of the molecule is O=c1c2cc([N+](=O)[O-])ccc2[nH]c2c([N+](=O)[O-])cc(Br)cc12. The number of pyridine rings is 1. The molecule has 2 aromatic carbocycles. The molecule has 0 aliphatic heterocycles. The van der Waals surface area contributed by atoms with Crippen LogP contribution in [0.1, 0.15) is 0 Å². The molecule has 3 rings (SSSR count). The first-order chi connectivity index (χ1) is 10.4. The van der Waals surface area contributed by atoms with Crippen molar-refractivity contribution < 1.29 is 9.85 Å². The summed E-state index contributed by atoms with van der Waals surface area (Å²) in [6.07, 6.45) is 0. The maximum atomic E-state index is 12.5. The number of aromatic amines is 1. The van der Waals surface area contributed by atoms with Crippen molar-refractivity contribution in [2.45, 2.75) is 0 Å². The monoisotopic (exact) mass is 363 g/mol. The van der Waals surface area contributed by atoms with Crippen LogP contribution in [0.4, 0.5) is 11.4 Å². The molecule has 0 bridgehead atoms. The molecule has 1 N–H and O–H groups in total. The summed E-state index contributed by atoms with van der Waals surface area (Å²) in [5.41, 5.74) is -0.589. The summed E-state index contributed by atoms with van der Waals surface area (Å²) >= 11 is 3.12. The summed E-state index contributed by atoms with van der Waals surface area (Å²) in [5.74, 6) is 0. The van der Waals surface area contributed by atoms with Gasteiger partial charge >= 0.3 is 0 Å². The van der Waals surface area contributed by atoms with Gasteiger partial charge < -0.3 is 4.98 Å². The Morgan fingerprint density at radius 2 is 1.73 bits per heavy atom. The van der Waals surface area contributed by atoms with E-state index in [-0.39, 0.29) is 27.7 Å². The first-order valence-corrected chi connectivity index (χ1v) is 6.76. The number of hydrogen-bond donors (Lipinski definition) is 1. The third kappa shape index (κ3) is 2.11. The minimum atomic E-state index is -0.605. The molecule has 1 heterocycles. The number of nitrogens with one attached hydrogen (secondary N) is 1. The first kappa shape index (κ1) is 14.1. The van der Waals surface area contributed by atoms with Crippen LogP contribution in [0.3, 0.4) is 0 Å². The van der Waals surface area contributed by atoms with E-state index >= 15 is 0 Å². The van der Waals surface area contributed by atoms with Crippen LogP contribution in [-0.4, -0.2) is 14.8 Å². The molecular formula is C13H6BrN3O5. The Bertz CT molecular complexity index is 1030. The molecule has 110 valence electrons. The van der Waals surface area contributed by atoms with Gasteiger partial charge in [0.05, 0.1) is 26.1 Å². The average Bonchev–Trinajstić information content (AvgIpc) is 2.47. The van der Waals surface area contributed by atoms with Crippen LogP contribution in [0.25, 0.3) is 21.8 Å². The molecule has 9 heteroatoms. The molecule has 0 saturated carbocycles. The smallest absolute Gasteiger partial charge is 0.294 e. The van der Waals surface area contributed by atoms with Crippen molar-refractivity contribution in [2.24, 2.45) is 0 Å². The second-order valence-corrected chi connectivity index (χ2v) is 5.46. The van der Waals surface area contributed by atoms with Gasteiger partial charge in [0.25, 0.3) is 11.4 Å². The molecule has 0 fully saturated rings. The maximum Gasteiger partial charge on any atom is 0.294 e. The fourth-order valence-electron chi connectivity index (χ4n) is 2.27. The molecular weight excluding hydrogens is 358 g/mol. The van der Waals surface area contributed by atoms with E-state index in [1.165, 1.54) is 24.3 Å². The zero-order valence-corrected chi connectivity index (χ0v) is 12.3. The molecule has 8 nitrogen and oxygen atoms in total. The summed E-state index contributed by atoms with van der Waals surface area (Å²) in [7, 11) is 0. The topological polar surface area (TPSA) is 119 Å². The number of non-ortho nitro benzene ring substituents is 2. The molecule has 0 aliphatic carbocycles. The van der Waals surface area contributed by atoms with Crippen LogP contribution in [-0.2, 0) is 0 Å². The highest BCUT2D eigenvalue weighted by atomic mass is 79.9. The Kier molecular flexibility index (Phi) is 3.14. The second kappa shape index (κ2) is 4.88. The van der Waals surface area contributed by atoms with Crippen molar-refractivity contribution in [3.63, 3.8) is 0 Å². The van der Waals surface area contributed by atoms with Crippen LogP contribution < -0.4 is 5.43 Å². The zero-order valence-electron chi connectivity index (χ0n) is 10.7. The number of nitro benzene ring substituents is 2. The summed E-state index contributed by atoms with van der Waals surface area (Å²) in [6, 6.07) is 6.48. The fourth-order valence-corrected chi connectivity index (χ4v) is 2.72. The Labute approximate surface area is 129 Å². The molecule has 0 radical (unpaired) electrons. The van der Waals surface area contributed by atoms with Crippen molar-refractivity contribution in [3.8, 4) is 0 Å². The third-order valence-electron chi connectivity index (χ3n) is 3.24. The van der Waals surface area contributed by atoms with Gasteiger partial charge in [-0.1, -0.05) is 15.9 Å². The lowest BCUT2D eigenvalue weighted by Gasteiger charge is -2.04. The van der Waals surface area contributed by atoms with E-state index in [2.05, 4.69) is 20.9 Å². The number of H-pyrrole nitrogens is 1. The van der Waals surface area contributed by atoms with Crippen LogP contribution in [0.5, 0.6) is 0 Å². The largest absolute Gasteiger partial charge is 0.349 e. The van der Waals surface area contributed by atoms with E-state index in [1.807, 2.05) is 0 Å². The van der Waals surface area contributed by atoms with Gasteiger partial charge in [-0.15, -0.1) is 0 Å². The molecule has 0 spiro atoms. The highest BCUT2D eigenvalue weighted by Crippen LogP contribution is 2.29. The number of nitrogens with zero attached hydrogens (tertiary/aromatic N) is 2. The van der Waals surface area contributed by atoms with E-state index < -0.39 is 15.3 Å². The van der Waals surface area contributed by atoms with Crippen molar-refractivity contribution in [2.75, 3.05) is 0 Å². The average molecular weight is 364 g/mol. The van der Waals surface area contributed by atoms with E-state index in [1.54, 1.807) is 0 Å². The first-order valence-electron chi connectivity index (χ1n) is 5.96. The summed E-state index contributed by atoms with van der Waals surface area (Å²) in [5, 5.41) is 22.1. The van der Waals surface area contributed by atoms with Gasteiger partial charge in [-0.05, 0) is 12.1 Å². The summed E-state index contributed by atoms with van der Waals surface area (Å²) < 4.78 is 0.377. The number of rotatable bonds is 2. The Hall–Kier alpha value is -2.81. The van der Waals surface area contributed by atoms with Gasteiger partial charge in [0, 0.05) is 22.7 Å². The number of hydrogen-bond acceptors (Lipinski definition) is 5. The predicted octanol–water partition coefficient (Wildman–Crippen LogP) is 3.26. The normalized spacial score (nSPS) is 11.0. The van der Waals surface area contributed by atoms with Gasteiger partial charge in [-0.2, -0.15) is 0 Å². The van der Waals surface area contributed by atoms with Crippen molar-refractivity contribution in [1.82, 2.24) is 4.98 Å². The van der Waals surface area contributed by atoms with Gasteiger partial charge in [-0.3, -0.25) is 25.0 Å². The van der Waals surface area contributed by atoms with Crippen molar-refractivity contribution in [1.29, 1.82) is 0 Å². The molecule has 0 amide bonds. The Balaban J connectivity index is 2.52. The number of aromatic nitrogens is 1.